The summed E-state index contributed by atoms with van der Waals surface area (Å²) in [5.41, 5.74) is -1.49. The fraction of sp³-hybridized carbons (Fsp3) is 0.0769. The van der Waals surface area contributed by atoms with E-state index in [1.807, 2.05) is 0 Å². The van der Waals surface area contributed by atoms with E-state index in [2.05, 4.69) is 25.9 Å². The minimum absolute atomic E-state index is 0.0656. The van der Waals surface area contributed by atoms with Gasteiger partial charge in [0.2, 0.25) is 0 Å². The third-order valence-corrected chi connectivity index (χ3v) is 3.39. The first-order valence-electron chi connectivity index (χ1n) is 6.05. The average molecular weight is 384 g/mol. The Morgan fingerprint density at radius 1 is 1.39 bits per heavy atom. The van der Waals surface area contributed by atoms with E-state index in [0.29, 0.717) is 10.0 Å². The fourth-order valence-electron chi connectivity index (χ4n) is 1.74. The lowest BCUT2D eigenvalue weighted by molar-refractivity contribution is -0.387. The monoisotopic (exact) mass is 383 g/mol. The summed E-state index contributed by atoms with van der Waals surface area (Å²) >= 11 is 3.16. The van der Waals surface area contributed by atoms with E-state index in [4.69, 9.17) is 4.74 Å². The van der Waals surface area contributed by atoms with E-state index in [1.54, 1.807) is 6.07 Å². The Morgan fingerprint density at radius 2 is 2.09 bits per heavy atom. The Hall–Kier alpha value is -2.88. The first kappa shape index (κ1) is 16.5. The predicted molar refractivity (Wildman–Crippen MR) is 84.5 cm³/mol. The molecule has 0 fully saturated rings. The van der Waals surface area contributed by atoms with Crippen LogP contribution in [0.25, 0.3) is 12.2 Å². The van der Waals surface area contributed by atoms with Crippen molar-refractivity contribution in [3.63, 3.8) is 0 Å². The van der Waals surface area contributed by atoms with Crippen LogP contribution in [0.1, 0.15) is 11.4 Å². The first-order chi connectivity index (χ1) is 10.8. The maximum absolute atomic E-state index is 11.5. The first-order valence-corrected chi connectivity index (χ1v) is 6.85. The van der Waals surface area contributed by atoms with Crippen LogP contribution in [0.2, 0.25) is 0 Å². The normalized spacial score (nSPS) is 10.9. The van der Waals surface area contributed by atoms with Crippen molar-refractivity contribution in [3.05, 3.63) is 48.5 Å². The summed E-state index contributed by atoms with van der Waals surface area (Å²) in [6.45, 7) is 0. The Balaban J connectivity index is 2.40. The van der Waals surface area contributed by atoms with Gasteiger partial charge in [0.15, 0.2) is 11.5 Å². The number of H-pyrrole nitrogens is 1. The number of nitrogens with one attached hydrogen (secondary N) is 1. The molecule has 23 heavy (non-hydrogen) atoms. The van der Waals surface area contributed by atoms with Gasteiger partial charge in [0.25, 0.3) is 5.88 Å². The number of hydrogen-bond donors (Lipinski definition) is 3. The molecule has 0 radical (unpaired) electrons. The Morgan fingerprint density at radius 3 is 2.65 bits per heavy atom. The van der Waals surface area contributed by atoms with Crippen LogP contribution in [0.15, 0.2) is 21.4 Å². The molecule has 0 aliphatic rings. The third kappa shape index (κ3) is 3.48. The highest BCUT2D eigenvalue weighted by atomic mass is 79.9. The second-order valence-corrected chi connectivity index (χ2v) is 5.12. The number of halogens is 1. The van der Waals surface area contributed by atoms with E-state index in [0.717, 1.165) is 0 Å². The molecule has 0 unspecified atom stereocenters. The second kappa shape index (κ2) is 6.48. The fourth-order valence-corrected chi connectivity index (χ4v) is 2.20. The van der Waals surface area contributed by atoms with Gasteiger partial charge in [0.05, 0.1) is 16.5 Å². The van der Waals surface area contributed by atoms with Gasteiger partial charge in [-0.2, -0.15) is 4.98 Å². The van der Waals surface area contributed by atoms with Gasteiger partial charge in [0, 0.05) is 0 Å². The van der Waals surface area contributed by atoms with Crippen molar-refractivity contribution in [2.75, 3.05) is 7.11 Å². The maximum Gasteiger partial charge on any atom is 0.395 e. The predicted octanol–water partition coefficient (Wildman–Crippen LogP) is 2.03. The number of phenolic OH excluding ortho intramolecular Hbond substituents is 1. The van der Waals surface area contributed by atoms with Crippen molar-refractivity contribution in [1.29, 1.82) is 0 Å². The van der Waals surface area contributed by atoms with Crippen LogP contribution in [0.3, 0.4) is 0 Å². The van der Waals surface area contributed by atoms with Crippen molar-refractivity contribution in [1.82, 2.24) is 9.97 Å². The van der Waals surface area contributed by atoms with E-state index < -0.39 is 22.0 Å². The molecule has 0 spiro atoms. The van der Waals surface area contributed by atoms with Crippen LogP contribution in [0, 0.1) is 10.1 Å². The van der Waals surface area contributed by atoms with Gasteiger partial charge < -0.3 is 19.9 Å². The van der Waals surface area contributed by atoms with E-state index in [9.17, 15) is 25.1 Å². The summed E-state index contributed by atoms with van der Waals surface area (Å²) in [5.74, 6) is -0.875. The molecule has 0 saturated heterocycles. The zero-order valence-corrected chi connectivity index (χ0v) is 13.2. The molecule has 1 aromatic carbocycles. The molecule has 120 valence electrons. The zero-order chi connectivity index (χ0) is 17.1. The number of aromatic amines is 1. The minimum Gasteiger partial charge on any atom is -0.503 e. The molecular weight excluding hydrogens is 374 g/mol. The average Bonchev–Trinajstić information content (AvgIpc) is 2.47. The van der Waals surface area contributed by atoms with E-state index in [-0.39, 0.29) is 17.3 Å². The van der Waals surface area contributed by atoms with Crippen LogP contribution >= 0.6 is 15.9 Å². The Bertz CT molecular complexity index is 862. The topological polar surface area (TPSA) is 139 Å². The largest absolute Gasteiger partial charge is 0.503 e. The van der Waals surface area contributed by atoms with Crippen molar-refractivity contribution in [3.8, 4) is 17.4 Å². The van der Waals surface area contributed by atoms with Gasteiger partial charge in [-0.25, -0.2) is 0 Å². The number of rotatable bonds is 4. The lowest BCUT2D eigenvalue weighted by Gasteiger charge is -2.06. The highest BCUT2D eigenvalue weighted by Crippen LogP contribution is 2.35. The summed E-state index contributed by atoms with van der Waals surface area (Å²) in [6.07, 6.45) is 2.85. The van der Waals surface area contributed by atoms with Crippen LogP contribution in [0.4, 0.5) is 5.69 Å². The molecule has 0 aliphatic heterocycles. The third-order valence-electron chi connectivity index (χ3n) is 2.78. The van der Waals surface area contributed by atoms with Crippen LogP contribution < -0.4 is 10.3 Å². The summed E-state index contributed by atoms with van der Waals surface area (Å²) in [5, 5.41) is 29.7. The lowest BCUT2D eigenvalue weighted by atomic mass is 10.2. The van der Waals surface area contributed by atoms with Crippen LogP contribution in [-0.2, 0) is 0 Å². The summed E-state index contributed by atoms with van der Waals surface area (Å²) < 4.78 is 5.39. The molecule has 0 aliphatic carbocycles. The number of ether oxygens (including phenoxy) is 1. The number of aromatic hydroxyl groups is 2. The molecule has 1 aromatic heterocycles. The molecule has 0 amide bonds. The molecular formula is C13H10BrN3O6. The smallest absolute Gasteiger partial charge is 0.395 e. The van der Waals surface area contributed by atoms with Gasteiger partial charge in [-0.3, -0.25) is 14.9 Å². The van der Waals surface area contributed by atoms with Crippen molar-refractivity contribution >= 4 is 33.8 Å². The molecule has 10 heteroatoms. The molecule has 9 nitrogen and oxygen atoms in total. The van der Waals surface area contributed by atoms with Crippen LogP contribution in [-0.4, -0.2) is 32.2 Å². The lowest BCUT2D eigenvalue weighted by Crippen LogP contribution is -2.14. The van der Waals surface area contributed by atoms with Gasteiger partial charge in [-0.15, -0.1) is 0 Å². The number of hydrogen-bond acceptors (Lipinski definition) is 7. The Kier molecular flexibility index (Phi) is 4.65. The SMILES string of the molecule is COc1cc(/C=C/c2nc(O)c([N+](=O)[O-])c(=O)[nH]2)cc(Br)c1O. The summed E-state index contributed by atoms with van der Waals surface area (Å²) in [6, 6.07) is 3.11. The number of benzene rings is 1. The number of methoxy groups -OCH3 is 1. The molecule has 2 rings (SSSR count). The quantitative estimate of drug-likeness (QED) is 0.541. The molecule has 0 bridgehead atoms. The maximum atomic E-state index is 11.5. The molecule has 1 heterocycles. The second-order valence-electron chi connectivity index (χ2n) is 4.27. The van der Waals surface area contributed by atoms with E-state index >= 15 is 0 Å². The number of nitro groups is 1. The van der Waals surface area contributed by atoms with Crippen molar-refractivity contribution < 1.29 is 19.9 Å². The zero-order valence-electron chi connectivity index (χ0n) is 11.6. The number of phenols is 1. The van der Waals surface area contributed by atoms with Gasteiger partial charge in [-0.05, 0) is 39.7 Å². The van der Waals surface area contributed by atoms with Crippen LogP contribution in [0.5, 0.6) is 17.4 Å². The van der Waals surface area contributed by atoms with Gasteiger partial charge in [0.1, 0.15) is 5.82 Å². The standard InChI is InChI=1S/C13H10BrN3O6/c1-23-8-5-6(4-7(14)11(8)18)2-3-9-15-12(19)10(17(21)22)13(20)16-9/h2-5,18H,1H3,(H2,15,16,19,20)/b3-2+. The highest BCUT2D eigenvalue weighted by molar-refractivity contribution is 9.10. The molecule has 2 aromatic rings. The highest BCUT2D eigenvalue weighted by Gasteiger charge is 2.21. The molecule has 0 atom stereocenters. The number of nitrogens with zero attached hydrogens (tertiary/aromatic N) is 2. The Labute approximate surface area is 137 Å². The van der Waals surface area contributed by atoms with Gasteiger partial charge >= 0.3 is 11.2 Å². The molecule has 3 N–H and O–H groups in total. The van der Waals surface area contributed by atoms with E-state index in [1.165, 1.54) is 25.3 Å². The van der Waals surface area contributed by atoms with Crippen molar-refractivity contribution in [2.45, 2.75) is 0 Å². The van der Waals surface area contributed by atoms with Crippen molar-refractivity contribution in [2.24, 2.45) is 0 Å². The molecule has 0 saturated carbocycles. The summed E-state index contributed by atoms with van der Waals surface area (Å²) in [7, 11) is 1.39. The number of aromatic nitrogens is 2. The minimum atomic E-state index is -1.06. The summed E-state index contributed by atoms with van der Waals surface area (Å²) in [4.78, 5) is 26.8. The van der Waals surface area contributed by atoms with Gasteiger partial charge in [-0.1, -0.05) is 6.08 Å².